The van der Waals surface area contributed by atoms with Gasteiger partial charge in [0.2, 0.25) is 0 Å². The molecule has 1 rings (SSSR count). The smallest absolute Gasteiger partial charge is 0.321 e. The third-order valence-corrected chi connectivity index (χ3v) is 3.54. The van der Waals surface area contributed by atoms with Gasteiger partial charge in [-0.05, 0) is 30.5 Å². The van der Waals surface area contributed by atoms with Crippen LogP contribution in [0.1, 0.15) is 25.8 Å². The van der Waals surface area contributed by atoms with E-state index < -0.39 is 0 Å². The fraction of sp³-hybridized carbons (Fsp3) is 0.467. The van der Waals surface area contributed by atoms with Gasteiger partial charge in [-0.2, -0.15) is 0 Å². The Morgan fingerprint density at radius 3 is 2.67 bits per heavy atom. The Labute approximate surface area is 136 Å². The lowest BCUT2D eigenvalue weighted by molar-refractivity contribution is 0.206. The number of rotatable bonds is 6. The number of carbonyl (C=O) groups is 1. The predicted molar refractivity (Wildman–Crippen MR) is 93.0 cm³/mol. The van der Waals surface area contributed by atoms with Crippen LogP contribution < -0.4 is 11.1 Å². The molecular formula is C15H22ClN3OS. The van der Waals surface area contributed by atoms with Gasteiger partial charge in [-0.15, -0.1) is 0 Å². The molecule has 1 aromatic rings. The molecule has 0 fully saturated rings. The lowest BCUT2D eigenvalue weighted by Gasteiger charge is -2.25. The van der Waals surface area contributed by atoms with Crippen LogP contribution in [0.3, 0.4) is 0 Å². The highest BCUT2D eigenvalue weighted by atomic mass is 35.5. The summed E-state index contributed by atoms with van der Waals surface area (Å²) in [5, 5.41) is 3.49. The summed E-state index contributed by atoms with van der Waals surface area (Å²) in [7, 11) is 0. The topological polar surface area (TPSA) is 58.4 Å². The lowest BCUT2D eigenvalue weighted by Crippen LogP contribution is -2.39. The number of nitrogens with two attached hydrogens (primary N) is 1. The van der Waals surface area contributed by atoms with Crippen LogP contribution in [0.2, 0.25) is 5.02 Å². The standard InChI is InChI=1S/C15H22ClN3OS/c1-10(2)9-19(7-6-14(17)21)15(20)18-12-5-4-11(3)13(16)8-12/h4-5,8,10H,6-7,9H2,1-3H3,(H2,17,21)(H,18,20). The Morgan fingerprint density at radius 2 is 2.14 bits per heavy atom. The summed E-state index contributed by atoms with van der Waals surface area (Å²) in [5.74, 6) is 0.365. The van der Waals surface area contributed by atoms with Gasteiger partial charge in [0.1, 0.15) is 0 Å². The molecule has 21 heavy (non-hydrogen) atoms. The second-order valence-electron chi connectivity index (χ2n) is 5.45. The minimum absolute atomic E-state index is 0.167. The van der Waals surface area contributed by atoms with Crippen molar-refractivity contribution in [3.63, 3.8) is 0 Å². The average molecular weight is 328 g/mol. The minimum Gasteiger partial charge on any atom is -0.393 e. The second kappa shape index (κ2) is 8.20. The molecule has 0 spiro atoms. The van der Waals surface area contributed by atoms with E-state index in [4.69, 9.17) is 29.6 Å². The van der Waals surface area contributed by atoms with Crippen molar-refractivity contribution in [2.45, 2.75) is 27.2 Å². The van der Waals surface area contributed by atoms with E-state index in [9.17, 15) is 4.79 Å². The van der Waals surface area contributed by atoms with Crippen LogP contribution in [0.25, 0.3) is 0 Å². The van der Waals surface area contributed by atoms with Crippen LogP contribution in [0.5, 0.6) is 0 Å². The number of thiocarbonyl (C=S) groups is 1. The molecule has 0 heterocycles. The van der Waals surface area contributed by atoms with Crippen LogP contribution in [0, 0.1) is 12.8 Å². The first-order valence-corrected chi connectivity index (χ1v) is 7.68. The Kier molecular flexibility index (Phi) is 6.92. The molecule has 0 aromatic heterocycles. The fourth-order valence-corrected chi connectivity index (χ4v) is 2.11. The highest BCUT2D eigenvalue weighted by molar-refractivity contribution is 7.80. The van der Waals surface area contributed by atoms with Gasteiger partial charge in [-0.1, -0.05) is 43.7 Å². The number of halogens is 1. The van der Waals surface area contributed by atoms with Crippen molar-refractivity contribution >= 4 is 40.5 Å². The molecule has 3 N–H and O–H groups in total. The quantitative estimate of drug-likeness (QED) is 0.781. The third-order valence-electron chi connectivity index (χ3n) is 2.92. The van der Waals surface area contributed by atoms with Crippen molar-refractivity contribution in [3.8, 4) is 0 Å². The number of carbonyl (C=O) groups excluding carboxylic acids is 1. The molecule has 0 aliphatic carbocycles. The average Bonchev–Trinajstić information content (AvgIpc) is 2.38. The number of hydrogen-bond acceptors (Lipinski definition) is 2. The number of amides is 2. The lowest BCUT2D eigenvalue weighted by atomic mass is 10.2. The summed E-state index contributed by atoms with van der Waals surface area (Å²) in [6.07, 6.45) is 0.518. The highest BCUT2D eigenvalue weighted by Crippen LogP contribution is 2.20. The third kappa shape index (κ3) is 6.31. The fourth-order valence-electron chi connectivity index (χ4n) is 1.83. The number of aryl methyl sites for hydroxylation is 1. The first kappa shape index (κ1) is 17.7. The van der Waals surface area contributed by atoms with E-state index in [-0.39, 0.29) is 6.03 Å². The summed E-state index contributed by atoms with van der Waals surface area (Å²) in [6, 6.07) is 5.29. The van der Waals surface area contributed by atoms with E-state index in [1.165, 1.54) is 0 Å². The largest absolute Gasteiger partial charge is 0.393 e. The molecule has 0 radical (unpaired) electrons. The Morgan fingerprint density at radius 1 is 1.48 bits per heavy atom. The van der Waals surface area contributed by atoms with Crippen LogP contribution in [0.15, 0.2) is 18.2 Å². The van der Waals surface area contributed by atoms with E-state index >= 15 is 0 Å². The van der Waals surface area contributed by atoms with Gasteiger partial charge >= 0.3 is 6.03 Å². The van der Waals surface area contributed by atoms with E-state index in [1.807, 2.05) is 19.1 Å². The Balaban J connectivity index is 2.74. The molecule has 0 aliphatic heterocycles. The minimum atomic E-state index is -0.167. The second-order valence-corrected chi connectivity index (χ2v) is 6.38. The molecular weight excluding hydrogens is 306 g/mol. The van der Waals surface area contributed by atoms with Gasteiger partial charge in [0, 0.05) is 30.2 Å². The number of nitrogens with zero attached hydrogens (tertiary/aromatic N) is 1. The molecule has 1 aromatic carbocycles. The highest BCUT2D eigenvalue weighted by Gasteiger charge is 2.15. The van der Waals surface area contributed by atoms with Gasteiger partial charge in [0.25, 0.3) is 0 Å². The predicted octanol–water partition coefficient (Wildman–Crippen LogP) is 3.81. The first-order chi connectivity index (χ1) is 9.79. The molecule has 0 atom stereocenters. The Hall–Kier alpha value is -1.33. The van der Waals surface area contributed by atoms with Crippen LogP contribution >= 0.6 is 23.8 Å². The summed E-state index contributed by atoms with van der Waals surface area (Å²) < 4.78 is 0. The van der Waals surface area contributed by atoms with Crippen LogP contribution in [0.4, 0.5) is 10.5 Å². The molecule has 116 valence electrons. The maximum Gasteiger partial charge on any atom is 0.321 e. The zero-order chi connectivity index (χ0) is 16.0. The zero-order valence-corrected chi connectivity index (χ0v) is 14.2. The van der Waals surface area contributed by atoms with E-state index in [2.05, 4.69) is 19.2 Å². The molecule has 2 amide bonds. The summed E-state index contributed by atoms with van der Waals surface area (Å²) in [5.41, 5.74) is 7.17. The van der Waals surface area contributed by atoms with Crippen molar-refractivity contribution in [2.75, 3.05) is 18.4 Å². The first-order valence-electron chi connectivity index (χ1n) is 6.90. The summed E-state index contributed by atoms with van der Waals surface area (Å²) in [6.45, 7) is 7.20. The SMILES string of the molecule is Cc1ccc(NC(=O)N(CCC(N)=S)CC(C)C)cc1Cl. The van der Waals surface area contributed by atoms with Gasteiger partial charge in [-0.3, -0.25) is 0 Å². The molecule has 4 nitrogen and oxygen atoms in total. The monoisotopic (exact) mass is 327 g/mol. The normalized spacial score (nSPS) is 10.5. The van der Waals surface area contributed by atoms with Gasteiger partial charge in [0.05, 0.1) is 4.99 Å². The number of urea groups is 1. The number of nitrogens with one attached hydrogen (secondary N) is 1. The van der Waals surface area contributed by atoms with E-state index in [0.29, 0.717) is 41.1 Å². The van der Waals surface area contributed by atoms with Gasteiger partial charge in [-0.25, -0.2) is 4.79 Å². The number of hydrogen-bond donors (Lipinski definition) is 2. The molecule has 0 aliphatic rings. The summed E-state index contributed by atoms with van der Waals surface area (Å²) in [4.78, 5) is 14.5. The maximum atomic E-state index is 12.3. The van der Waals surface area contributed by atoms with Crippen LogP contribution in [-0.2, 0) is 0 Å². The van der Waals surface area contributed by atoms with E-state index in [1.54, 1.807) is 11.0 Å². The molecule has 6 heteroatoms. The van der Waals surface area contributed by atoms with Crippen LogP contribution in [-0.4, -0.2) is 29.0 Å². The van der Waals surface area contributed by atoms with Gasteiger partial charge < -0.3 is 16.0 Å². The molecule has 0 bridgehead atoms. The number of anilines is 1. The molecule has 0 saturated heterocycles. The molecule has 0 saturated carbocycles. The van der Waals surface area contributed by atoms with Crippen molar-refractivity contribution < 1.29 is 4.79 Å². The van der Waals surface area contributed by atoms with Crippen molar-refractivity contribution in [1.29, 1.82) is 0 Å². The van der Waals surface area contributed by atoms with Crippen molar-refractivity contribution in [3.05, 3.63) is 28.8 Å². The maximum absolute atomic E-state index is 12.3. The Bertz CT molecular complexity index is 520. The van der Waals surface area contributed by atoms with E-state index in [0.717, 1.165) is 5.56 Å². The summed E-state index contributed by atoms with van der Waals surface area (Å²) >= 11 is 10.9. The van der Waals surface area contributed by atoms with Crippen molar-refractivity contribution in [1.82, 2.24) is 4.90 Å². The number of benzene rings is 1. The van der Waals surface area contributed by atoms with Gasteiger partial charge in [0.15, 0.2) is 0 Å². The van der Waals surface area contributed by atoms with Crippen molar-refractivity contribution in [2.24, 2.45) is 11.7 Å². The molecule has 0 unspecified atom stereocenters. The zero-order valence-electron chi connectivity index (χ0n) is 12.6.